The zero-order valence-corrected chi connectivity index (χ0v) is 11.6. The van der Waals surface area contributed by atoms with Gasteiger partial charge in [-0.05, 0) is 35.8 Å². The Morgan fingerprint density at radius 2 is 1.81 bits per heavy atom. The van der Waals surface area contributed by atoms with Crippen LogP contribution in [-0.2, 0) is 0 Å². The standard InChI is InChI=1S/C16H15N3O2/c1-16-9-7-10-11(12(9)16)13(16)19-15(21)17(14(20)18(10)19)8-5-3-2-4-6-8/h2-6,9-13H,7H2,1H3/t9-,10-,11-,12+,13+,16+/m1/s1. The lowest BCUT2D eigenvalue weighted by atomic mass is 9.66. The van der Waals surface area contributed by atoms with Crippen LogP contribution in [0.25, 0.3) is 5.69 Å². The average Bonchev–Trinajstić information content (AvgIpc) is 2.79. The van der Waals surface area contributed by atoms with E-state index in [1.807, 2.05) is 30.3 Å². The van der Waals surface area contributed by atoms with Gasteiger partial charge in [-0.1, -0.05) is 25.1 Å². The van der Waals surface area contributed by atoms with Crippen molar-refractivity contribution in [2.45, 2.75) is 25.4 Å². The molecule has 21 heavy (non-hydrogen) atoms. The summed E-state index contributed by atoms with van der Waals surface area (Å²) in [7, 11) is 0. The molecule has 6 rings (SSSR count). The molecule has 5 heteroatoms. The van der Waals surface area contributed by atoms with Gasteiger partial charge in [-0.2, -0.15) is 0 Å². The summed E-state index contributed by atoms with van der Waals surface area (Å²) >= 11 is 0. The molecule has 2 aromatic rings. The zero-order chi connectivity index (χ0) is 14.1. The molecule has 5 nitrogen and oxygen atoms in total. The molecule has 2 heterocycles. The second-order valence-electron chi connectivity index (χ2n) is 7.25. The van der Waals surface area contributed by atoms with Crippen LogP contribution in [0.5, 0.6) is 0 Å². The fourth-order valence-corrected chi connectivity index (χ4v) is 6.03. The molecule has 4 aliphatic rings. The van der Waals surface area contributed by atoms with Gasteiger partial charge in [0.15, 0.2) is 0 Å². The van der Waals surface area contributed by atoms with E-state index in [0.717, 1.165) is 18.3 Å². The van der Waals surface area contributed by atoms with E-state index in [0.29, 0.717) is 17.0 Å². The lowest BCUT2D eigenvalue weighted by Gasteiger charge is -2.39. The van der Waals surface area contributed by atoms with Crippen LogP contribution in [0.2, 0.25) is 0 Å². The Balaban J connectivity index is 1.66. The lowest BCUT2D eigenvalue weighted by molar-refractivity contribution is 0.0768. The van der Waals surface area contributed by atoms with Gasteiger partial charge in [0, 0.05) is 5.92 Å². The maximum Gasteiger partial charge on any atom is 0.352 e. The quantitative estimate of drug-likeness (QED) is 0.788. The summed E-state index contributed by atoms with van der Waals surface area (Å²) in [5.41, 5.74) is 0.648. The Kier molecular flexibility index (Phi) is 1.42. The minimum absolute atomic E-state index is 0.157. The van der Waals surface area contributed by atoms with E-state index in [4.69, 9.17) is 0 Å². The molecule has 1 aromatic heterocycles. The van der Waals surface area contributed by atoms with Crippen molar-refractivity contribution in [3.8, 4) is 5.69 Å². The third kappa shape index (κ3) is 0.836. The van der Waals surface area contributed by atoms with E-state index < -0.39 is 0 Å². The maximum absolute atomic E-state index is 12.8. The van der Waals surface area contributed by atoms with Crippen LogP contribution in [0.3, 0.4) is 0 Å². The number of rotatable bonds is 1. The number of para-hydroxylation sites is 1. The van der Waals surface area contributed by atoms with Crippen molar-refractivity contribution in [3.63, 3.8) is 0 Å². The Morgan fingerprint density at radius 1 is 1.10 bits per heavy atom. The summed E-state index contributed by atoms with van der Waals surface area (Å²) in [6, 6.07) is 9.78. The van der Waals surface area contributed by atoms with E-state index in [1.54, 1.807) is 9.36 Å². The Morgan fingerprint density at radius 3 is 2.52 bits per heavy atom. The summed E-state index contributed by atoms with van der Waals surface area (Å²) in [4.78, 5) is 25.7. The highest BCUT2D eigenvalue weighted by molar-refractivity contribution is 5.36. The largest absolute Gasteiger partial charge is 0.352 e. The van der Waals surface area contributed by atoms with Gasteiger partial charge in [0.05, 0.1) is 17.8 Å². The van der Waals surface area contributed by atoms with Crippen molar-refractivity contribution in [2.24, 2.45) is 23.2 Å². The van der Waals surface area contributed by atoms with Crippen LogP contribution in [-0.4, -0.2) is 13.9 Å². The minimum atomic E-state index is -0.158. The molecule has 6 atom stereocenters. The Bertz CT molecular complexity index is 915. The van der Waals surface area contributed by atoms with Crippen molar-refractivity contribution in [1.29, 1.82) is 0 Å². The molecule has 0 spiro atoms. The molecule has 106 valence electrons. The van der Waals surface area contributed by atoms with Gasteiger partial charge in [0.2, 0.25) is 0 Å². The molecular weight excluding hydrogens is 266 g/mol. The summed E-state index contributed by atoms with van der Waals surface area (Å²) < 4.78 is 4.90. The first-order valence-corrected chi connectivity index (χ1v) is 7.67. The molecule has 1 aliphatic heterocycles. The van der Waals surface area contributed by atoms with E-state index in [9.17, 15) is 9.59 Å². The lowest BCUT2D eigenvalue weighted by Crippen LogP contribution is -2.42. The molecule has 0 radical (unpaired) electrons. The first-order valence-electron chi connectivity index (χ1n) is 7.67. The number of fused-ring (bicyclic) bond motifs is 5. The molecule has 3 saturated carbocycles. The summed E-state index contributed by atoms with van der Waals surface area (Å²) in [5.74, 6) is 2.06. The van der Waals surface area contributed by atoms with E-state index >= 15 is 0 Å². The molecule has 0 saturated heterocycles. The monoisotopic (exact) mass is 281 g/mol. The summed E-state index contributed by atoms with van der Waals surface area (Å²) in [6.45, 7) is 2.30. The van der Waals surface area contributed by atoms with Crippen LogP contribution in [0.4, 0.5) is 0 Å². The van der Waals surface area contributed by atoms with Crippen LogP contribution < -0.4 is 11.4 Å². The number of hydrogen-bond acceptors (Lipinski definition) is 2. The second kappa shape index (κ2) is 2.80. The van der Waals surface area contributed by atoms with E-state index in [2.05, 4.69) is 6.92 Å². The maximum atomic E-state index is 12.8. The molecule has 3 aliphatic carbocycles. The van der Waals surface area contributed by atoms with Gasteiger partial charge in [-0.25, -0.2) is 23.5 Å². The Hall–Kier alpha value is -2.04. The average molecular weight is 281 g/mol. The molecule has 0 bridgehead atoms. The molecule has 3 fully saturated rings. The van der Waals surface area contributed by atoms with Crippen LogP contribution >= 0.6 is 0 Å². The molecule has 1 aromatic carbocycles. The highest BCUT2D eigenvalue weighted by Gasteiger charge is 2.87. The number of aromatic nitrogens is 3. The van der Waals surface area contributed by atoms with Crippen molar-refractivity contribution in [3.05, 3.63) is 51.3 Å². The third-order valence-corrected chi connectivity index (χ3v) is 6.80. The van der Waals surface area contributed by atoms with Gasteiger partial charge in [0.1, 0.15) is 0 Å². The summed E-state index contributed by atoms with van der Waals surface area (Å²) in [5, 5.41) is 0. The highest BCUT2D eigenvalue weighted by atomic mass is 16.2. The van der Waals surface area contributed by atoms with Gasteiger partial charge >= 0.3 is 11.4 Å². The molecule has 0 N–H and O–H groups in total. The second-order valence-corrected chi connectivity index (χ2v) is 7.25. The van der Waals surface area contributed by atoms with E-state index in [-0.39, 0.29) is 23.5 Å². The zero-order valence-electron chi connectivity index (χ0n) is 11.6. The predicted octanol–water partition coefficient (Wildman–Crippen LogP) is 1.18. The van der Waals surface area contributed by atoms with Crippen molar-refractivity contribution >= 4 is 0 Å². The number of nitrogens with zero attached hydrogens (tertiary/aromatic N) is 3. The fourth-order valence-electron chi connectivity index (χ4n) is 6.03. The fraction of sp³-hybridized carbons (Fsp3) is 0.500. The SMILES string of the molecule is C[C@@]12[C@@H]3[C@H]4[C@@H](C[C@H]31)n1c(=O)n(-c3ccccc3)c(=O)n1[C@@H]42. The number of hydrogen-bond donors (Lipinski definition) is 0. The van der Waals surface area contributed by atoms with Crippen LogP contribution in [0.15, 0.2) is 39.9 Å². The topological polar surface area (TPSA) is 48.9 Å². The minimum Gasteiger partial charge on any atom is -0.245 e. The van der Waals surface area contributed by atoms with Gasteiger partial charge in [-0.3, -0.25) is 0 Å². The predicted molar refractivity (Wildman–Crippen MR) is 75.6 cm³/mol. The Labute approximate surface area is 120 Å². The third-order valence-electron chi connectivity index (χ3n) is 6.80. The molecule has 0 amide bonds. The van der Waals surface area contributed by atoms with Crippen LogP contribution in [0, 0.1) is 23.2 Å². The van der Waals surface area contributed by atoms with Gasteiger partial charge in [-0.15, -0.1) is 0 Å². The van der Waals surface area contributed by atoms with Gasteiger partial charge < -0.3 is 0 Å². The first kappa shape index (κ1) is 10.7. The summed E-state index contributed by atoms with van der Waals surface area (Å²) in [6.07, 6.45) is 1.08. The van der Waals surface area contributed by atoms with Crippen molar-refractivity contribution in [2.75, 3.05) is 0 Å². The first-order chi connectivity index (χ1) is 10.2. The molecular formula is C16H15N3O2. The van der Waals surface area contributed by atoms with Crippen molar-refractivity contribution < 1.29 is 0 Å². The smallest absolute Gasteiger partial charge is 0.245 e. The molecule has 0 unspecified atom stereocenters. The van der Waals surface area contributed by atoms with Gasteiger partial charge in [0.25, 0.3) is 0 Å². The van der Waals surface area contributed by atoms with Crippen LogP contribution in [0.1, 0.15) is 25.4 Å². The van der Waals surface area contributed by atoms with Crippen molar-refractivity contribution in [1.82, 2.24) is 13.9 Å². The number of benzene rings is 1. The normalized spacial score (nSPS) is 43.4. The highest BCUT2D eigenvalue weighted by Crippen LogP contribution is 2.89. The van der Waals surface area contributed by atoms with E-state index in [1.165, 1.54) is 4.57 Å².